The minimum Gasteiger partial charge on any atom is -0.493 e. The quantitative estimate of drug-likeness (QED) is 0.107. The van der Waals surface area contributed by atoms with Gasteiger partial charge in [-0.2, -0.15) is 4.98 Å². The van der Waals surface area contributed by atoms with Crippen molar-refractivity contribution in [2.24, 2.45) is 0 Å². The number of ether oxygens (including phenoxy) is 3. The lowest BCUT2D eigenvalue weighted by Crippen LogP contribution is -2.29. The van der Waals surface area contributed by atoms with Crippen LogP contribution in [0.4, 0.5) is 5.95 Å². The number of fused-ring (bicyclic) bond motifs is 1. The van der Waals surface area contributed by atoms with Crippen LogP contribution in [0.15, 0.2) is 112 Å². The number of halogens is 2. The Morgan fingerprint density at radius 3 is 2.51 bits per heavy atom. The highest BCUT2D eigenvalue weighted by molar-refractivity contribution is 9.10. The van der Waals surface area contributed by atoms with E-state index >= 15 is 0 Å². The largest absolute Gasteiger partial charge is 0.493 e. The SMILES string of the molecule is COc1cc(C2C(C(=O)OCc3ccccc3)=C(C)Nc3nc(SCc4ccccc4Cl)nn32)cc(Br)c1OCc1cccc(C)c1. The van der Waals surface area contributed by atoms with Gasteiger partial charge in [-0.1, -0.05) is 102 Å². The molecule has 0 fully saturated rings. The Hall–Kier alpha value is -4.25. The number of nitrogens with one attached hydrogen (secondary N) is 1. The molecule has 0 amide bonds. The number of allylic oxidation sites excluding steroid dienone is 1. The second kappa shape index (κ2) is 14.7. The molecule has 0 aliphatic carbocycles. The number of hydrogen-bond acceptors (Lipinski definition) is 8. The predicted octanol–water partition coefficient (Wildman–Crippen LogP) is 8.91. The lowest BCUT2D eigenvalue weighted by atomic mass is 9.95. The maximum absolute atomic E-state index is 13.9. The summed E-state index contributed by atoms with van der Waals surface area (Å²) in [6.07, 6.45) is 0. The van der Waals surface area contributed by atoms with Gasteiger partial charge >= 0.3 is 5.97 Å². The Morgan fingerprint density at radius 1 is 0.979 bits per heavy atom. The molecular formula is C36H32BrClN4O4S. The summed E-state index contributed by atoms with van der Waals surface area (Å²) in [6, 6.07) is 28.5. The molecule has 2 heterocycles. The van der Waals surface area contributed by atoms with Crippen LogP contribution in [0.25, 0.3) is 0 Å². The summed E-state index contributed by atoms with van der Waals surface area (Å²) in [5.41, 5.74) is 5.81. The first-order valence-corrected chi connectivity index (χ1v) is 17.0. The molecule has 1 N–H and O–H groups in total. The maximum Gasteiger partial charge on any atom is 0.338 e. The summed E-state index contributed by atoms with van der Waals surface area (Å²) in [5.74, 6) is 1.67. The van der Waals surface area contributed by atoms with E-state index in [1.54, 1.807) is 11.8 Å². The van der Waals surface area contributed by atoms with Gasteiger partial charge in [0.25, 0.3) is 0 Å². The zero-order valence-corrected chi connectivity index (χ0v) is 29.2. The molecule has 4 aromatic carbocycles. The average Bonchev–Trinajstić information content (AvgIpc) is 3.48. The molecule has 6 rings (SSSR count). The number of carbonyl (C=O) groups excluding carboxylic acids is 1. The third kappa shape index (κ3) is 7.51. The average molecular weight is 732 g/mol. The smallest absolute Gasteiger partial charge is 0.338 e. The normalized spacial score (nSPS) is 13.9. The van der Waals surface area contributed by atoms with Crippen LogP contribution >= 0.6 is 39.3 Å². The fraction of sp³-hybridized carbons (Fsp3) is 0.194. The van der Waals surface area contributed by atoms with Crippen molar-refractivity contribution in [1.29, 1.82) is 0 Å². The monoisotopic (exact) mass is 730 g/mol. The van der Waals surface area contributed by atoms with Crippen molar-refractivity contribution >= 4 is 51.2 Å². The van der Waals surface area contributed by atoms with E-state index in [4.69, 9.17) is 35.9 Å². The second-order valence-corrected chi connectivity index (χ2v) is 13.2. The van der Waals surface area contributed by atoms with Gasteiger partial charge in [-0.15, -0.1) is 5.10 Å². The number of carbonyl (C=O) groups is 1. The summed E-state index contributed by atoms with van der Waals surface area (Å²) in [7, 11) is 1.59. The van der Waals surface area contributed by atoms with Crippen molar-refractivity contribution in [2.45, 2.75) is 44.0 Å². The molecule has 0 bridgehead atoms. The number of benzene rings is 4. The fourth-order valence-corrected chi connectivity index (χ4v) is 7.01. The Balaban J connectivity index is 1.35. The molecule has 240 valence electrons. The molecule has 11 heteroatoms. The highest BCUT2D eigenvalue weighted by atomic mass is 79.9. The number of hydrogen-bond donors (Lipinski definition) is 1. The van der Waals surface area contributed by atoms with Crippen molar-refractivity contribution in [1.82, 2.24) is 14.8 Å². The number of nitrogens with zero attached hydrogens (tertiary/aromatic N) is 3. The van der Waals surface area contributed by atoms with Gasteiger partial charge in [0.2, 0.25) is 11.1 Å². The Kier molecular flexibility index (Phi) is 10.2. The molecule has 5 aromatic rings. The molecule has 1 aromatic heterocycles. The lowest BCUT2D eigenvalue weighted by Gasteiger charge is -2.29. The summed E-state index contributed by atoms with van der Waals surface area (Å²) in [6.45, 7) is 4.38. The van der Waals surface area contributed by atoms with Crippen LogP contribution in [-0.4, -0.2) is 27.8 Å². The van der Waals surface area contributed by atoms with Gasteiger partial charge < -0.3 is 19.5 Å². The van der Waals surface area contributed by atoms with Gasteiger partial charge in [0.15, 0.2) is 11.5 Å². The van der Waals surface area contributed by atoms with Crippen LogP contribution in [0.5, 0.6) is 11.5 Å². The topological polar surface area (TPSA) is 87.5 Å². The van der Waals surface area contributed by atoms with E-state index in [-0.39, 0.29) is 6.61 Å². The van der Waals surface area contributed by atoms with Crippen molar-refractivity contribution in [2.75, 3.05) is 12.4 Å². The first kappa shape index (κ1) is 32.7. The molecule has 0 radical (unpaired) electrons. The van der Waals surface area contributed by atoms with Crippen LogP contribution in [0.2, 0.25) is 5.02 Å². The number of anilines is 1. The Bertz CT molecular complexity index is 1950. The number of aromatic nitrogens is 3. The Labute approximate surface area is 291 Å². The van der Waals surface area contributed by atoms with E-state index in [0.717, 1.165) is 27.8 Å². The molecule has 8 nitrogen and oxygen atoms in total. The summed E-state index contributed by atoms with van der Waals surface area (Å²) < 4.78 is 20.3. The summed E-state index contributed by atoms with van der Waals surface area (Å²) in [5, 5.41) is 9.36. The third-order valence-electron chi connectivity index (χ3n) is 7.61. The van der Waals surface area contributed by atoms with E-state index < -0.39 is 12.0 Å². The molecule has 0 saturated heterocycles. The van der Waals surface area contributed by atoms with Gasteiger partial charge in [0.1, 0.15) is 19.3 Å². The summed E-state index contributed by atoms with van der Waals surface area (Å²) in [4.78, 5) is 18.6. The predicted molar refractivity (Wildman–Crippen MR) is 188 cm³/mol. The van der Waals surface area contributed by atoms with Crippen LogP contribution in [-0.2, 0) is 28.5 Å². The number of rotatable bonds is 11. The van der Waals surface area contributed by atoms with Gasteiger partial charge in [-0.3, -0.25) is 0 Å². The van der Waals surface area contributed by atoms with Crippen molar-refractivity contribution in [3.63, 3.8) is 0 Å². The Morgan fingerprint density at radius 2 is 1.74 bits per heavy atom. The zero-order chi connectivity index (χ0) is 32.9. The first-order chi connectivity index (χ1) is 22.8. The maximum atomic E-state index is 13.9. The molecule has 1 atom stereocenters. The van der Waals surface area contributed by atoms with Crippen molar-refractivity contribution < 1.29 is 19.0 Å². The van der Waals surface area contributed by atoms with Gasteiger partial charge in [-0.25, -0.2) is 9.48 Å². The standard InChI is InChI=1S/C36H32BrClN4O4S/c1-22-10-9-13-25(16-22)20-45-33-28(37)17-27(18-30(33)44-3)32-31(34(43)46-19-24-11-5-4-6-12-24)23(2)39-35-40-36(41-42(32)35)47-21-26-14-7-8-15-29(26)38/h4-18,32H,19-21H2,1-3H3,(H,39,40,41). The number of esters is 1. The van der Waals surface area contributed by atoms with Crippen LogP contribution in [0.1, 0.15) is 40.8 Å². The number of methoxy groups -OCH3 is 1. The molecule has 0 saturated carbocycles. The van der Waals surface area contributed by atoms with E-state index in [2.05, 4.69) is 27.3 Å². The van der Waals surface area contributed by atoms with Crippen LogP contribution in [0, 0.1) is 6.92 Å². The van der Waals surface area contributed by atoms with E-state index in [0.29, 0.717) is 55.7 Å². The molecule has 0 spiro atoms. The van der Waals surface area contributed by atoms with Gasteiger partial charge in [0.05, 0.1) is 17.2 Å². The minimum absolute atomic E-state index is 0.130. The minimum atomic E-state index is -0.673. The van der Waals surface area contributed by atoms with Crippen molar-refractivity contribution in [3.8, 4) is 11.5 Å². The van der Waals surface area contributed by atoms with Gasteiger partial charge in [-0.05, 0) is 70.2 Å². The van der Waals surface area contributed by atoms with Crippen LogP contribution in [0.3, 0.4) is 0 Å². The van der Waals surface area contributed by atoms with Gasteiger partial charge in [0, 0.05) is 16.5 Å². The molecule has 1 aliphatic rings. The van der Waals surface area contributed by atoms with Crippen molar-refractivity contribution in [3.05, 3.63) is 140 Å². The second-order valence-electron chi connectivity index (χ2n) is 11.0. The van der Waals surface area contributed by atoms with E-state index in [1.165, 1.54) is 11.8 Å². The highest BCUT2D eigenvalue weighted by Gasteiger charge is 2.36. The fourth-order valence-electron chi connectivity index (χ4n) is 5.32. The highest BCUT2D eigenvalue weighted by Crippen LogP contribution is 2.44. The lowest BCUT2D eigenvalue weighted by molar-refractivity contribution is -0.140. The molecule has 47 heavy (non-hydrogen) atoms. The zero-order valence-electron chi connectivity index (χ0n) is 26.0. The first-order valence-electron chi connectivity index (χ1n) is 14.9. The van der Waals surface area contributed by atoms with E-state index in [1.807, 2.05) is 98.8 Å². The van der Waals surface area contributed by atoms with Crippen LogP contribution < -0.4 is 14.8 Å². The molecule has 1 aliphatic heterocycles. The van der Waals surface area contributed by atoms with E-state index in [9.17, 15) is 4.79 Å². The molecular weight excluding hydrogens is 700 g/mol. The number of aryl methyl sites for hydroxylation is 1. The summed E-state index contributed by atoms with van der Waals surface area (Å²) >= 11 is 11.6. The number of thioether (sulfide) groups is 1. The third-order valence-corrected chi connectivity index (χ3v) is 9.46. The molecule has 1 unspecified atom stereocenters.